The monoisotopic (exact) mass is 350 g/mol. The van der Waals surface area contributed by atoms with E-state index in [0.717, 1.165) is 11.1 Å². The molecule has 0 aliphatic carbocycles. The number of hydrogen-bond donors (Lipinski definition) is 1. The lowest BCUT2D eigenvalue weighted by atomic mass is 10.1. The van der Waals surface area contributed by atoms with Gasteiger partial charge in [-0.1, -0.05) is 49.4 Å². The van der Waals surface area contributed by atoms with Gasteiger partial charge in [-0.25, -0.2) is 0 Å². The van der Waals surface area contributed by atoms with Crippen molar-refractivity contribution < 1.29 is 9.72 Å². The Morgan fingerprint density at radius 3 is 2.42 bits per heavy atom. The minimum atomic E-state index is -0.511. The van der Waals surface area contributed by atoms with Crippen molar-refractivity contribution in [3.63, 3.8) is 0 Å². The Kier molecular flexibility index (Phi) is 5.07. The summed E-state index contributed by atoms with van der Waals surface area (Å²) in [6.07, 6.45) is 2.49. The van der Waals surface area contributed by atoms with E-state index in [2.05, 4.69) is 10.4 Å². The number of nitrogens with zero attached hydrogens (tertiary/aromatic N) is 3. The topological polar surface area (TPSA) is 90.1 Å². The maximum absolute atomic E-state index is 12.3. The smallest absolute Gasteiger partial charge is 0.306 e. The largest absolute Gasteiger partial charge is 0.326 e. The second-order valence-electron chi connectivity index (χ2n) is 6.01. The third kappa shape index (κ3) is 4.13. The molecule has 1 heterocycles. The molecule has 26 heavy (non-hydrogen) atoms. The summed E-state index contributed by atoms with van der Waals surface area (Å²) in [4.78, 5) is 22.5. The van der Waals surface area contributed by atoms with Gasteiger partial charge in [0.05, 0.1) is 17.4 Å². The first-order chi connectivity index (χ1) is 12.5. The number of carbonyl (C=O) groups excluding carboxylic acids is 1. The van der Waals surface area contributed by atoms with Gasteiger partial charge in [0.25, 0.3) is 0 Å². The standard InChI is InChI=1S/C19H18N4O3/c1-14(12-22-13-18(11-20-22)23(25)26)19(24)21-17-9-7-16(8-10-17)15-5-3-2-4-6-15/h2-11,13-14H,12H2,1H3,(H,21,24). The second kappa shape index (κ2) is 7.60. The van der Waals surface area contributed by atoms with Crippen LogP contribution in [0.4, 0.5) is 11.4 Å². The molecule has 1 atom stereocenters. The fraction of sp³-hybridized carbons (Fsp3) is 0.158. The number of rotatable bonds is 6. The minimum absolute atomic E-state index is 0.0888. The number of amides is 1. The Morgan fingerprint density at radius 1 is 1.15 bits per heavy atom. The molecule has 2 aromatic carbocycles. The Balaban J connectivity index is 1.60. The summed E-state index contributed by atoms with van der Waals surface area (Å²) >= 11 is 0. The summed E-state index contributed by atoms with van der Waals surface area (Å²) in [5, 5.41) is 17.4. The number of aromatic nitrogens is 2. The van der Waals surface area contributed by atoms with E-state index < -0.39 is 4.92 Å². The van der Waals surface area contributed by atoms with Crippen molar-refractivity contribution in [1.82, 2.24) is 9.78 Å². The summed E-state index contributed by atoms with van der Waals surface area (Å²) in [6.45, 7) is 2.02. The van der Waals surface area contributed by atoms with E-state index in [4.69, 9.17) is 0 Å². The van der Waals surface area contributed by atoms with E-state index in [-0.39, 0.29) is 24.1 Å². The summed E-state index contributed by atoms with van der Waals surface area (Å²) in [6, 6.07) is 17.6. The average molecular weight is 350 g/mol. The third-order valence-corrected chi connectivity index (χ3v) is 4.00. The van der Waals surface area contributed by atoms with Crippen LogP contribution in [0, 0.1) is 16.0 Å². The number of anilines is 1. The van der Waals surface area contributed by atoms with E-state index in [9.17, 15) is 14.9 Å². The molecular formula is C19H18N4O3. The van der Waals surface area contributed by atoms with Crippen molar-refractivity contribution in [3.8, 4) is 11.1 Å². The molecule has 1 aromatic heterocycles. The molecule has 0 spiro atoms. The quantitative estimate of drug-likeness (QED) is 0.542. The number of carbonyl (C=O) groups is 1. The summed E-state index contributed by atoms with van der Waals surface area (Å²) in [7, 11) is 0. The van der Waals surface area contributed by atoms with Gasteiger partial charge in [0.1, 0.15) is 12.4 Å². The van der Waals surface area contributed by atoms with Crippen molar-refractivity contribution in [1.29, 1.82) is 0 Å². The second-order valence-corrected chi connectivity index (χ2v) is 6.01. The predicted octanol–water partition coefficient (Wildman–Crippen LogP) is 3.73. The van der Waals surface area contributed by atoms with Crippen LogP contribution in [-0.4, -0.2) is 20.6 Å². The van der Waals surface area contributed by atoms with Crippen molar-refractivity contribution in [2.75, 3.05) is 5.32 Å². The molecular weight excluding hydrogens is 332 g/mol. The molecule has 3 rings (SSSR count). The van der Waals surface area contributed by atoms with E-state index >= 15 is 0 Å². The number of nitro groups is 1. The zero-order valence-corrected chi connectivity index (χ0v) is 14.2. The lowest BCUT2D eigenvalue weighted by Crippen LogP contribution is -2.24. The minimum Gasteiger partial charge on any atom is -0.326 e. The van der Waals surface area contributed by atoms with Crippen molar-refractivity contribution in [2.24, 2.45) is 5.92 Å². The predicted molar refractivity (Wildman–Crippen MR) is 98.6 cm³/mol. The van der Waals surface area contributed by atoms with Crippen LogP contribution in [0.3, 0.4) is 0 Å². The molecule has 1 amide bonds. The molecule has 0 fully saturated rings. The molecule has 0 bridgehead atoms. The van der Waals surface area contributed by atoms with Crippen LogP contribution in [0.15, 0.2) is 67.0 Å². The highest BCUT2D eigenvalue weighted by molar-refractivity contribution is 5.92. The van der Waals surface area contributed by atoms with Crippen molar-refractivity contribution in [2.45, 2.75) is 13.5 Å². The maximum atomic E-state index is 12.3. The first kappa shape index (κ1) is 17.3. The fourth-order valence-electron chi connectivity index (χ4n) is 2.55. The lowest BCUT2D eigenvalue weighted by Gasteiger charge is -2.12. The third-order valence-electron chi connectivity index (χ3n) is 4.00. The van der Waals surface area contributed by atoms with Gasteiger partial charge in [-0.15, -0.1) is 0 Å². The molecule has 132 valence electrons. The van der Waals surface area contributed by atoms with Crippen LogP contribution in [-0.2, 0) is 11.3 Å². The Labute approximate surface area is 150 Å². The first-order valence-corrected chi connectivity index (χ1v) is 8.16. The van der Waals surface area contributed by atoms with E-state index in [1.165, 1.54) is 17.1 Å². The van der Waals surface area contributed by atoms with Crippen LogP contribution in [0.5, 0.6) is 0 Å². The highest BCUT2D eigenvalue weighted by Gasteiger charge is 2.16. The summed E-state index contributed by atoms with van der Waals surface area (Å²) in [5.74, 6) is -0.557. The summed E-state index contributed by atoms with van der Waals surface area (Å²) < 4.78 is 1.40. The van der Waals surface area contributed by atoms with E-state index in [0.29, 0.717) is 5.69 Å². The molecule has 1 N–H and O–H groups in total. The van der Waals surface area contributed by atoms with Gasteiger partial charge in [0, 0.05) is 5.69 Å². The number of nitrogens with one attached hydrogen (secondary N) is 1. The van der Waals surface area contributed by atoms with E-state index in [1.807, 2.05) is 54.6 Å². The lowest BCUT2D eigenvalue weighted by molar-refractivity contribution is -0.385. The average Bonchev–Trinajstić information content (AvgIpc) is 3.12. The molecule has 7 heteroatoms. The van der Waals surface area contributed by atoms with Gasteiger partial charge in [-0.05, 0) is 23.3 Å². The van der Waals surface area contributed by atoms with Crippen LogP contribution in [0.2, 0.25) is 0 Å². The zero-order chi connectivity index (χ0) is 18.5. The molecule has 0 saturated carbocycles. The highest BCUT2D eigenvalue weighted by atomic mass is 16.6. The number of hydrogen-bond acceptors (Lipinski definition) is 4. The van der Waals surface area contributed by atoms with E-state index in [1.54, 1.807) is 6.92 Å². The van der Waals surface area contributed by atoms with Gasteiger partial charge in [0.15, 0.2) is 0 Å². The molecule has 1 unspecified atom stereocenters. The van der Waals surface area contributed by atoms with Gasteiger partial charge < -0.3 is 5.32 Å². The Bertz CT molecular complexity index is 904. The van der Waals surface area contributed by atoms with Crippen LogP contribution in [0.25, 0.3) is 11.1 Å². The molecule has 0 saturated heterocycles. The normalized spacial score (nSPS) is 11.7. The van der Waals surface area contributed by atoms with Gasteiger partial charge in [0.2, 0.25) is 5.91 Å². The van der Waals surface area contributed by atoms with Gasteiger partial charge >= 0.3 is 5.69 Å². The molecule has 0 aliphatic rings. The molecule has 0 radical (unpaired) electrons. The SMILES string of the molecule is CC(Cn1cc([N+](=O)[O-])cn1)C(=O)Nc1ccc(-c2ccccc2)cc1. The first-order valence-electron chi connectivity index (χ1n) is 8.16. The van der Waals surface area contributed by atoms with Crippen molar-refractivity contribution in [3.05, 3.63) is 77.1 Å². The highest BCUT2D eigenvalue weighted by Crippen LogP contribution is 2.21. The van der Waals surface area contributed by atoms with Crippen molar-refractivity contribution >= 4 is 17.3 Å². The fourth-order valence-corrected chi connectivity index (χ4v) is 2.55. The van der Waals surface area contributed by atoms with Gasteiger partial charge in [-0.2, -0.15) is 5.10 Å². The van der Waals surface area contributed by atoms with Crippen LogP contribution < -0.4 is 5.32 Å². The van der Waals surface area contributed by atoms with Crippen LogP contribution in [0.1, 0.15) is 6.92 Å². The Hall–Kier alpha value is -3.48. The van der Waals surface area contributed by atoms with Gasteiger partial charge in [-0.3, -0.25) is 19.6 Å². The maximum Gasteiger partial charge on any atom is 0.306 e. The zero-order valence-electron chi connectivity index (χ0n) is 14.2. The molecule has 3 aromatic rings. The molecule has 7 nitrogen and oxygen atoms in total. The molecule has 0 aliphatic heterocycles. The van der Waals surface area contributed by atoms with Crippen LogP contribution >= 0.6 is 0 Å². The summed E-state index contributed by atoms with van der Waals surface area (Å²) in [5.41, 5.74) is 2.79. The Morgan fingerprint density at radius 2 is 1.81 bits per heavy atom. The number of benzene rings is 2.